The highest BCUT2D eigenvalue weighted by Gasteiger charge is 2.23. The number of hydrogen-bond donors (Lipinski definition) is 0. The molecule has 1 aromatic heterocycles. The zero-order valence-corrected chi connectivity index (χ0v) is 24.8. The number of ether oxygens (including phenoxy) is 4. The van der Waals surface area contributed by atoms with Crippen LogP contribution in [0.2, 0.25) is 0 Å². The summed E-state index contributed by atoms with van der Waals surface area (Å²) in [4.78, 5) is 4.59. The molecule has 4 aromatic carbocycles. The summed E-state index contributed by atoms with van der Waals surface area (Å²) in [5.74, 6) is 3.33. The van der Waals surface area contributed by atoms with E-state index < -0.39 is 0 Å². The Balaban J connectivity index is 1.48. The fraction of sp³-hybridized carbons (Fsp3) is 0.118. The average Bonchev–Trinajstić information content (AvgIpc) is 3.42. The van der Waals surface area contributed by atoms with Crippen LogP contribution in [-0.2, 0) is 6.61 Å². The van der Waals surface area contributed by atoms with Crippen molar-refractivity contribution >= 4 is 28.0 Å². The minimum atomic E-state index is 0.198. The summed E-state index contributed by atoms with van der Waals surface area (Å²) in [5, 5.41) is 10.2. The number of aliphatic imine (C=N–C) groups is 1. The van der Waals surface area contributed by atoms with E-state index >= 15 is 0 Å². The molecule has 1 heterocycles. The Morgan fingerprint density at radius 2 is 1.43 bits per heavy atom. The molecule has 5 rings (SSSR count). The molecule has 8 heteroatoms. The van der Waals surface area contributed by atoms with Gasteiger partial charge in [0.25, 0.3) is 0 Å². The van der Waals surface area contributed by atoms with Gasteiger partial charge in [-0.15, -0.1) is 0 Å². The molecule has 0 N–H and O–H groups in total. The molecule has 0 aliphatic rings. The second-order valence-electron chi connectivity index (χ2n) is 9.14. The molecule has 0 unspecified atom stereocenters. The molecule has 0 atom stereocenters. The van der Waals surface area contributed by atoms with Gasteiger partial charge in [-0.25, -0.2) is 4.99 Å². The van der Waals surface area contributed by atoms with E-state index in [-0.39, 0.29) is 5.88 Å². The lowest BCUT2D eigenvalue weighted by molar-refractivity contribution is 0.284. The van der Waals surface area contributed by atoms with Gasteiger partial charge < -0.3 is 23.4 Å². The zero-order valence-electron chi connectivity index (χ0n) is 23.3. The van der Waals surface area contributed by atoms with Crippen molar-refractivity contribution in [3.63, 3.8) is 0 Å². The lowest BCUT2D eigenvalue weighted by Gasteiger charge is -2.11. The summed E-state index contributed by atoms with van der Waals surface area (Å²) in [6, 6.07) is 30.7. The SMILES string of the molecule is COc1ccc(-c2oc(N=Cc3ccc(OCc4ccc(Br)cc4)c(OC)c3)c(C#N)c2-c2ccc(OC)cc2)cc1. The Bertz CT molecular complexity index is 1740. The normalized spacial score (nSPS) is 10.8. The third kappa shape index (κ3) is 6.32. The molecule has 0 spiro atoms. The molecule has 5 aromatic rings. The van der Waals surface area contributed by atoms with Crippen LogP contribution in [0.5, 0.6) is 23.0 Å². The van der Waals surface area contributed by atoms with Crippen molar-refractivity contribution in [3.8, 4) is 51.5 Å². The van der Waals surface area contributed by atoms with Crippen LogP contribution in [0.15, 0.2) is 105 Å². The lowest BCUT2D eigenvalue weighted by Crippen LogP contribution is -1.98. The van der Waals surface area contributed by atoms with Gasteiger partial charge in [-0.3, -0.25) is 0 Å². The Hall–Kier alpha value is -5.00. The van der Waals surface area contributed by atoms with Gasteiger partial charge in [0.2, 0.25) is 5.88 Å². The molecule has 0 bridgehead atoms. The summed E-state index contributed by atoms with van der Waals surface area (Å²) < 4.78 is 29.5. The molecule has 0 amide bonds. The van der Waals surface area contributed by atoms with Crippen molar-refractivity contribution in [3.05, 3.63) is 112 Å². The molecule has 0 saturated heterocycles. The Morgan fingerprint density at radius 3 is 2.02 bits per heavy atom. The highest BCUT2D eigenvalue weighted by atomic mass is 79.9. The van der Waals surface area contributed by atoms with Crippen LogP contribution in [0.25, 0.3) is 22.5 Å². The third-order valence-corrected chi connectivity index (χ3v) is 7.09. The second kappa shape index (κ2) is 13.1. The van der Waals surface area contributed by atoms with Crippen LogP contribution in [0.1, 0.15) is 16.7 Å². The molecular weight excluding hydrogens is 596 g/mol. The van der Waals surface area contributed by atoms with Crippen molar-refractivity contribution in [2.45, 2.75) is 6.61 Å². The smallest absolute Gasteiger partial charge is 0.238 e. The first kappa shape index (κ1) is 28.5. The molecule has 0 saturated carbocycles. The van der Waals surface area contributed by atoms with E-state index in [1.807, 2.05) is 91.0 Å². The predicted molar refractivity (Wildman–Crippen MR) is 166 cm³/mol. The van der Waals surface area contributed by atoms with E-state index in [1.54, 1.807) is 27.5 Å². The minimum Gasteiger partial charge on any atom is -0.497 e. The number of halogens is 1. The van der Waals surface area contributed by atoms with Gasteiger partial charge in [-0.2, -0.15) is 5.26 Å². The molecular formula is C34H27BrN2O5. The fourth-order valence-corrected chi connectivity index (χ4v) is 4.62. The van der Waals surface area contributed by atoms with E-state index in [0.717, 1.165) is 26.7 Å². The first-order valence-electron chi connectivity index (χ1n) is 13.0. The van der Waals surface area contributed by atoms with Gasteiger partial charge in [0.15, 0.2) is 11.5 Å². The van der Waals surface area contributed by atoms with Crippen molar-refractivity contribution < 1.29 is 23.4 Å². The summed E-state index contributed by atoms with van der Waals surface area (Å²) in [6.07, 6.45) is 1.64. The molecule has 0 aliphatic carbocycles. The van der Waals surface area contributed by atoms with Gasteiger partial charge in [0.1, 0.15) is 35.5 Å². The van der Waals surface area contributed by atoms with Crippen LogP contribution in [-0.4, -0.2) is 27.5 Å². The second-order valence-corrected chi connectivity index (χ2v) is 10.1. The van der Waals surface area contributed by atoms with E-state index in [0.29, 0.717) is 46.5 Å². The quantitative estimate of drug-likeness (QED) is 0.145. The summed E-state index contributed by atoms with van der Waals surface area (Å²) in [5.41, 5.74) is 4.34. The molecule has 7 nitrogen and oxygen atoms in total. The van der Waals surface area contributed by atoms with Gasteiger partial charge >= 0.3 is 0 Å². The fourth-order valence-electron chi connectivity index (χ4n) is 4.35. The first-order chi connectivity index (χ1) is 20.5. The third-order valence-electron chi connectivity index (χ3n) is 6.56. The van der Waals surface area contributed by atoms with Crippen LogP contribution >= 0.6 is 15.9 Å². The van der Waals surface area contributed by atoms with E-state index in [1.165, 1.54) is 0 Å². The molecule has 210 valence electrons. The highest BCUT2D eigenvalue weighted by Crippen LogP contribution is 2.43. The van der Waals surface area contributed by atoms with E-state index in [4.69, 9.17) is 23.4 Å². The van der Waals surface area contributed by atoms with Crippen molar-refractivity contribution in [2.75, 3.05) is 21.3 Å². The molecule has 0 fully saturated rings. The number of benzene rings is 4. The zero-order chi connectivity index (χ0) is 29.5. The van der Waals surface area contributed by atoms with E-state index in [9.17, 15) is 5.26 Å². The van der Waals surface area contributed by atoms with Crippen molar-refractivity contribution in [2.24, 2.45) is 4.99 Å². The van der Waals surface area contributed by atoms with Crippen LogP contribution in [0, 0.1) is 11.3 Å². The highest BCUT2D eigenvalue weighted by molar-refractivity contribution is 9.10. The summed E-state index contributed by atoms with van der Waals surface area (Å²) >= 11 is 3.45. The predicted octanol–water partition coefficient (Wildman–Crippen LogP) is 8.60. The molecule has 0 radical (unpaired) electrons. The van der Waals surface area contributed by atoms with Crippen LogP contribution in [0.3, 0.4) is 0 Å². The van der Waals surface area contributed by atoms with Crippen molar-refractivity contribution in [1.82, 2.24) is 0 Å². The van der Waals surface area contributed by atoms with E-state index in [2.05, 4.69) is 27.0 Å². The maximum atomic E-state index is 10.2. The number of nitrogens with zero attached hydrogens (tertiary/aromatic N) is 2. The number of methoxy groups -OCH3 is 3. The van der Waals surface area contributed by atoms with Crippen LogP contribution in [0.4, 0.5) is 5.88 Å². The van der Waals surface area contributed by atoms with Gasteiger partial charge in [0, 0.05) is 21.8 Å². The number of rotatable bonds is 10. The topological polar surface area (TPSA) is 86.2 Å². The Kier molecular flexibility index (Phi) is 8.90. The van der Waals surface area contributed by atoms with Gasteiger partial charge in [-0.1, -0.05) is 40.2 Å². The lowest BCUT2D eigenvalue weighted by atomic mass is 9.98. The maximum absolute atomic E-state index is 10.2. The Morgan fingerprint density at radius 1 is 0.786 bits per heavy atom. The standard InChI is InChI=1S/C34H27BrN2O5/c1-38-27-13-7-24(8-14-27)32-29(19-36)34(42-33(32)25-9-15-28(39-2)16-10-25)37-20-23-6-17-30(31(18-23)40-3)41-21-22-4-11-26(35)12-5-22/h4-18,20H,21H2,1-3H3. The Labute approximate surface area is 252 Å². The largest absolute Gasteiger partial charge is 0.497 e. The van der Waals surface area contributed by atoms with Gasteiger partial charge in [-0.05, 0) is 83.4 Å². The van der Waals surface area contributed by atoms with Crippen LogP contribution < -0.4 is 18.9 Å². The summed E-state index contributed by atoms with van der Waals surface area (Å²) in [7, 11) is 4.81. The molecule has 42 heavy (non-hydrogen) atoms. The van der Waals surface area contributed by atoms with Gasteiger partial charge in [0.05, 0.1) is 21.3 Å². The monoisotopic (exact) mass is 622 g/mol. The average molecular weight is 624 g/mol. The minimum absolute atomic E-state index is 0.198. The number of furan rings is 1. The summed E-state index contributed by atoms with van der Waals surface area (Å²) in [6.45, 7) is 0.400. The van der Waals surface area contributed by atoms with Crippen molar-refractivity contribution in [1.29, 1.82) is 5.26 Å². The number of hydrogen-bond acceptors (Lipinski definition) is 7. The first-order valence-corrected chi connectivity index (χ1v) is 13.8. The molecule has 0 aliphatic heterocycles. The number of nitriles is 1. The maximum Gasteiger partial charge on any atom is 0.238 e.